The Bertz CT molecular complexity index is 823. The zero-order valence-corrected chi connectivity index (χ0v) is 15.3. The van der Waals surface area contributed by atoms with E-state index in [4.69, 9.17) is 0 Å². The van der Waals surface area contributed by atoms with Gasteiger partial charge in [0.2, 0.25) is 5.91 Å². The summed E-state index contributed by atoms with van der Waals surface area (Å²) in [4.78, 5) is 39.0. The number of hydrogen-bond donors (Lipinski definition) is 2. The maximum atomic E-state index is 13.3. The fraction of sp³-hybridized carbons (Fsp3) is 0.286. The molecule has 27 heavy (non-hydrogen) atoms. The number of amides is 4. The van der Waals surface area contributed by atoms with Gasteiger partial charge < -0.3 is 10.6 Å². The van der Waals surface area contributed by atoms with Gasteiger partial charge in [-0.05, 0) is 17.5 Å². The van der Waals surface area contributed by atoms with Gasteiger partial charge in [0.05, 0.1) is 0 Å². The van der Waals surface area contributed by atoms with Crippen molar-refractivity contribution >= 4 is 17.8 Å². The van der Waals surface area contributed by atoms with E-state index in [0.29, 0.717) is 18.5 Å². The van der Waals surface area contributed by atoms with E-state index in [0.717, 1.165) is 16.9 Å². The van der Waals surface area contributed by atoms with E-state index >= 15 is 0 Å². The van der Waals surface area contributed by atoms with E-state index < -0.39 is 17.5 Å². The van der Waals surface area contributed by atoms with Gasteiger partial charge in [0, 0.05) is 13.0 Å². The number of carbonyl (C=O) groups is 3. The zero-order chi connectivity index (χ0) is 19.3. The summed E-state index contributed by atoms with van der Waals surface area (Å²) >= 11 is 0. The number of hydrogen-bond acceptors (Lipinski definition) is 3. The van der Waals surface area contributed by atoms with E-state index in [2.05, 4.69) is 10.6 Å². The summed E-state index contributed by atoms with van der Waals surface area (Å²) in [6, 6.07) is 18.1. The van der Waals surface area contributed by atoms with Crippen LogP contribution in [-0.4, -0.2) is 35.8 Å². The summed E-state index contributed by atoms with van der Waals surface area (Å²) in [5.41, 5.74) is 0.404. The molecule has 2 aromatic carbocycles. The molecule has 0 unspecified atom stereocenters. The minimum atomic E-state index is -1.22. The van der Waals surface area contributed by atoms with Gasteiger partial charge in [-0.1, -0.05) is 67.6 Å². The molecular weight excluding hydrogens is 342 g/mol. The highest BCUT2D eigenvalue weighted by atomic mass is 16.2. The van der Waals surface area contributed by atoms with Crippen LogP contribution in [0.2, 0.25) is 0 Å². The second-order valence-corrected chi connectivity index (χ2v) is 6.61. The molecule has 4 amide bonds. The molecule has 1 aliphatic heterocycles. The van der Waals surface area contributed by atoms with E-state index in [1.165, 1.54) is 0 Å². The Kier molecular flexibility index (Phi) is 5.54. The molecule has 0 radical (unpaired) electrons. The van der Waals surface area contributed by atoms with Gasteiger partial charge >= 0.3 is 6.03 Å². The van der Waals surface area contributed by atoms with Crippen LogP contribution in [0.3, 0.4) is 0 Å². The SMILES string of the molecule is CCCNC(=O)CN1C(=O)N[C@](Cc2ccccc2)(c2ccccc2)C1=O. The number of urea groups is 1. The van der Waals surface area contributed by atoms with Crippen LogP contribution in [0.1, 0.15) is 24.5 Å². The van der Waals surface area contributed by atoms with Crippen molar-refractivity contribution < 1.29 is 14.4 Å². The Morgan fingerprint density at radius 1 is 1.04 bits per heavy atom. The molecule has 0 aromatic heterocycles. The van der Waals surface area contributed by atoms with Crippen molar-refractivity contribution in [1.82, 2.24) is 15.5 Å². The predicted molar refractivity (Wildman–Crippen MR) is 102 cm³/mol. The van der Waals surface area contributed by atoms with Gasteiger partial charge in [-0.25, -0.2) is 4.79 Å². The average Bonchev–Trinajstić information content (AvgIpc) is 2.93. The van der Waals surface area contributed by atoms with Crippen LogP contribution in [0.25, 0.3) is 0 Å². The van der Waals surface area contributed by atoms with Crippen LogP contribution in [0.4, 0.5) is 4.79 Å². The largest absolute Gasteiger partial charge is 0.355 e. The summed E-state index contributed by atoms with van der Waals surface area (Å²) in [5.74, 6) is -0.752. The standard InChI is InChI=1S/C21H23N3O3/c1-2-13-22-18(25)15-24-19(26)21(23-20(24)27,17-11-7-4-8-12-17)14-16-9-5-3-6-10-16/h3-12H,2,13-15H2,1H3,(H,22,25)(H,23,27)/t21-/m1/s1. The van der Waals surface area contributed by atoms with Crippen LogP contribution in [0.15, 0.2) is 60.7 Å². The molecule has 1 saturated heterocycles. The molecule has 140 valence electrons. The molecule has 1 heterocycles. The van der Waals surface area contributed by atoms with E-state index in [1.807, 2.05) is 67.6 Å². The van der Waals surface area contributed by atoms with Crippen molar-refractivity contribution in [1.29, 1.82) is 0 Å². The Morgan fingerprint density at radius 2 is 1.67 bits per heavy atom. The van der Waals surface area contributed by atoms with Gasteiger partial charge in [-0.15, -0.1) is 0 Å². The number of benzene rings is 2. The Hall–Kier alpha value is -3.15. The second kappa shape index (κ2) is 8.03. The van der Waals surface area contributed by atoms with Crippen molar-refractivity contribution in [3.8, 4) is 0 Å². The van der Waals surface area contributed by atoms with E-state index in [-0.39, 0.29) is 12.5 Å². The van der Waals surface area contributed by atoms with Crippen LogP contribution in [0, 0.1) is 0 Å². The first-order valence-electron chi connectivity index (χ1n) is 9.07. The highest BCUT2D eigenvalue weighted by molar-refractivity contribution is 6.09. The number of carbonyl (C=O) groups excluding carboxylic acids is 3. The summed E-state index contributed by atoms with van der Waals surface area (Å²) in [6.45, 7) is 2.17. The van der Waals surface area contributed by atoms with Crippen LogP contribution in [0.5, 0.6) is 0 Å². The normalized spacial score (nSPS) is 19.1. The Balaban J connectivity index is 1.93. The van der Waals surface area contributed by atoms with Crippen molar-refractivity contribution in [2.24, 2.45) is 0 Å². The first-order chi connectivity index (χ1) is 13.1. The molecule has 2 N–H and O–H groups in total. The summed E-state index contributed by atoms with van der Waals surface area (Å²) < 4.78 is 0. The quantitative estimate of drug-likeness (QED) is 0.739. The maximum Gasteiger partial charge on any atom is 0.325 e. The number of nitrogens with one attached hydrogen (secondary N) is 2. The minimum Gasteiger partial charge on any atom is -0.355 e. The molecule has 6 heteroatoms. The van der Waals surface area contributed by atoms with E-state index in [1.54, 1.807) is 0 Å². The first-order valence-corrected chi connectivity index (χ1v) is 9.07. The molecule has 1 atom stereocenters. The zero-order valence-electron chi connectivity index (χ0n) is 15.3. The third-order valence-electron chi connectivity index (χ3n) is 4.63. The highest BCUT2D eigenvalue weighted by Gasteiger charge is 2.52. The molecule has 1 fully saturated rings. The van der Waals surface area contributed by atoms with Gasteiger partial charge in [0.15, 0.2) is 5.54 Å². The monoisotopic (exact) mass is 365 g/mol. The van der Waals surface area contributed by atoms with Crippen molar-refractivity contribution in [3.63, 3.8) is 0 Å². The maximum absolute atomic E-state index is 13.3. The lowest BCUT2D eigenvalue weighted by molar-refractivity contribution is -0.135. The molecule has 3 rings (SSSR count). The fourth-order valence-electron chi connectivity index (χ4n) is 3.28. The molecule has 1 aliphatic rings. The van der Waals surface area contributed by atoms with Gasteiger partial charge in [-0.2, -0.15) is 0 Å². The van der Waals surface area contributed by atoms with Crippen LogP contribution < -0.4 is 10.6 Å². The van der Waals surface area contributed by atoms with Crippen molar-refractivity contribution in [2.45, 2.75) is 25.3 Å². The third kappa shape index (κ3) is 3.84. The summed E-state index contributed by atoms with van der Waals surface area (Å²) in [7, 11) is 0. The van der Waals surface area contributed by atoms with Crippen molar-refractivity contribution in [3.05, 3.63) is 71.8 Å². The number of nitrogens with zero attached hydrogens (tertiary/aromatic N) is 1. The number of rotatable bonds is 7. The summed E-state index contributed by atoms with van der Waals surface area (Å²) in [5, 5.41) is 5.56. The fourth-order valence-corrected chi connectivity index (χ4v) is 3.28. The first kappa shape index (κ1) is 18.6. The molecular formula is C21H23N3O3. The topological polar surface area (TPSA) is 78.5 Å². The number of imide groups is 1. The van der Waals surface area contributed by atoms with Crippen LogP contribution >= 0.6 is 0 Å². The average molecular weight is 365 g/mol. The van der Waals surface area contributed by atoms with Gasteiger partial charge in [0.25, 0.3) is 5.91 Å². The second-order valence-electron chi connectivity index (χ2n) is 6.61. The summed E-state index contributed by atoms with van der Waals surface area (Å²) in [6.07, 6.45) is 1.10. The molecule has 0 bridgehead atoms. The predicted octanol–water partition coefficient (Wildman–Crippen LogP) is 2.20. The minimum absolute atomic E-state index is 0.284. The Morgan fingerprint density at radius 3 is 2.30 bits per heavy atom. The lowest BCUT2D eigenvalue weighted by Crippen LogP contribution is -2.47. The van der Waals surface area contributed by atoms with Crippen LogP contribution in [-0.2, 0) is 21.5 Å². The lowest BCUT2D eigenvalue weighted by Gasteiger charge is -2.27. The van der Waals surface area contributed by atoms with Gasteiger partial charge in [-0.3, -0.25) is 14.5 Å². The molecule has 6 nitrogen and oxygen atoms in total. The van der Waals surface area contributed by atoms with E-state index in [9.17, 15) is 14.4 Å². The molecule has 0 spiro atoms. The molecule has 2 aromatic rings. The third-order valence-corrected chi connectivity index (χ3v) is 4.63. The smallest absolute Gasteiger partial charge is 0.325 e. The highest BCUT2D eigenvalue weighted by Crippen LogP contribution is 2.32. The van der Waals surface area contributed by atoms with Gasteiger partial charge in [0.1, 0.15) is 6.54 Å². The van der Waals surface area contributed by atoms with Crippen molar-refractivity contribution in [2.75, 3.05) is 13.1 Å². The molecule has 0 saturated carbocycles. The molecule has 0 aliphatic carbocycles. The lowest BCUT2D eigenvalue weighted by atomic mass is 9.83. The Labute approximate surface area is 158 Å².